The number of hydrogen-bond acceptors (Lipinski definition) is 7. The number of benzene rings is 2. The predicted octanol–water partition coefficient (Wildman–Crippen LogP) is 2.68. The number of hydrogen-bond donors (Lipinski definition) is 3. The zero-order valence-corrected chi connectivity index (χ0v) is 17.9. The third kappa shape index (κ3) is 5.32. The molecule has 30 heavy (non-hydrogen) atoms. The molecular weight excluding hydrogens is 426 g/mol. The maximum absolute atomic E-state index is 12.0. The summed E-state index contributed by atoms with van der Waals surface area (Å²) in [4.78, 5) is 8.61. The zero-order chi connectivity index (χ0) is 21.9. The fraction of sp³-hybridized carbons (Fsp3) is 0.158. The molecule has 0 aliphatic rings. The van der Waals surface area contributed by atoms with Crippen molar-refractivity contribution in [3.8, 4) is 11.3 Å². The molecular formula is C19H21N5O4S2. The average molecular weight is 448 g/mol. The van der Waals surface area contributed by atoms with Gasteiger partial charge in [0.15, 0.2) is 0 Å². The first-order valence-corrected chi connectivity index (χ1v) is 12.0. The molecule has 158 valence electrons. The van der Waals surface area contributed by atoms with Gasteiger partial charge in [-0.2, -0.15) is 0 Å². The molecule has 0 aliphatic heterocycles. The molecule has 9 nitrogen and oxygen atoms in total. The number of sulfonamides is 2. The first-order chi connectivity index (χ1) is 14.0. The van der Waals surface area contributed by atoms with Crippen molar-refractivity contribution in [3.05, 3.63) is 60.8 Å². The molecule has 0 radical (unpaired) electrons. The van der Waals surface area contributed by atoms with E-state index in [2.05, 4.69) is 20.0 Å². The number of rotatable bonds is 7. The molecule has 0 fully saturated rings. The molecule has 0 bridgehead atoms. The second-order valence-corrected chi connectivity index (χ2v) is 10.5. The van der Waals surface area contributed by atoms with Gasteiger partial charge in [0.25, 0.3) is 0 Å². The summed E-state index contributed by atoms with van der Waals surface area (Å²) in [7, 11) is -7.17. The smallest absolute Gasteiger partial charge is 0.238 e. The van der Waals surface area contributed by atoms with Crippen LogP contribution in [0.4, 0.5) is 17.3 Å². The number of anilines is 3. The summed E-state index contributed by atoms with van der Waals surface area (Å²) < 4.78 is 49.1. The molecule has 0 unspecified atom stereocenters. The van der Waals surface area contributed by atoms with Gasteiger partial charge in [0.2, 0.25) is 26.0 Å². The van der Waals surface area contributed by atoms with Crippen molar-refractivity contribution in [3.63, 3.8) is 0 Å². The summed E-state index contributed by atoms with van der Waals surface area (Å²) in [5.41, 5.74) is 2.47. The van der Waals surface area contributed by atoms with Gasteiger partial charge in [0.1, 0.15) is 0 Å². The van der Waals surface area contributed by atoms with Crippen LogP contribution in [0.25, 0.3) is 11.3 Å². The Kier molecular flexibility index (Phi) is 6.06. The minimum absolute atomic E-state index is 0.0101. The molecule has 1 heterocycles. The van der Waals surface area contributed by atoms with Crippen LogP contribution in [0.2, 0.25) is 0 Å². The SMILES string of the molecule is CC(C)S(=O)(=O)Nc1ccc(-c2ccnc(Nc3ccc(S(N)(=O)=O)cc3)n2)cc1. The van der Waals surface area contributed by atoms with Gasteiger partial charge >= 0.3 is 0 Å². The molecule has 0 aliphatic carbocycles. The van der Waals surface area contributed by atoms with E-state index in [0.717, 1.165) is 5.56 Å². The van der Waals surface area contributed by atoms with Crippen LogP contribution in [-0.2, 0) is 20.0 Å². The van der Waals surface area contributed by atoms with E-state index in [1.54, 1.807) is 62.5 Å². The Labute approximate surface area is 175 Å². The topological polar surface area (TPSA) is 144 Å². The lowest BCUT2D eigenvalue weighted by molar-refractivity contribution is 0.592. The van der Waals surface area contributed by atoms with E-state index >= 15 is 0 Å². The number of primary sulfonamides is 1. The fourth-order valence-corrected chi connectivity index (χ4v) is 3.64. The van der Waals surface area contributed by atoms with Crippen LogP contribution in [0.15, 0.2) is 65.7 Å². The van der Waals surface area contributed by atoms with Crippen LogP contribution in [0.5, 0.6) is 0 Å². The van der Waals surface area contributed by atoms with E-state index in [0.29, 0.717) is 23.0 Å². The third-order valence-corrected chi connectivity index (χ3v) is 6.85. The van der Waals surface area contributed by atoms with Crippen molar-refractivity contribution >= 4 is 37.4 Å². The molecule has 0 saturated carbocycles. The fourth-order valence-electron chi connectivity index (χ4n) is 2.43. The lowest BCUT2D eigenvalue weighted by Gasteiger charge is -2.11. The lowest BCUT2D eigenvalue weighted by atomic mass is 10.1. The van der Waals surface area contributed by atoms with Crippen molar-refractivity contribution in [2.75, 3.05) is 10.0 Å². The van der Waals surface area contributed by atoms with Crippen molar-refractivity contribution in [2.24, 2.45) is 5.14 Å². The second-order valence-electron chi connectivity index (χ2n) is 6.73. The molecule has 0 amide bonds. The van der Waals surface area contributed by atoms with Gasteiger partial charge < -0.3 is 5.32 Å². The van der Waals surface area contributed by atoms with Crippen molar-refractivity contribution in [2.45, 2.75) is 24.0 Å². The van der Waals surface area contributed by atoms with E-state index in [-0.39, 0.29) is 4.90 Å². The first-order valence-electron chi connectivity index (χ1n) is 8.89. The van der Waals surface area contributed by atoms with E-state index in [4.69, 9.17) is 5.14 Å². The Morgan fingerprint density at radius 1 is 0.867 bits per heavy atom. The molecule has 0 atom stereocenters. The molecule has 0 spiro atoms. The van der Waals surface area contributed by atoms with Crippen LogP contribution in [0.1, 0.15) is 13.8 Å². The van der Waals surface area contributed by atoms with Gasteiger partial charge in [-0.1, -0.05) is 12.1 Å². The van der Waals surface area contributed by atoms with Crippen molar-refractivity contribution in [1.82, 2.24) is 9.97 Å². The normalized spacial score (nSPS) is 12.0. The van der Waals surface area contributed by atoms with Gasteiger partial charge in [0.05, 0.1) is 15.8 Å². The number of nitrogens with one attached hydrogen (secondary N) is 2. The summed E-state index contributed by atoms with van der Waals surface area (Å²) >= 11 is 0. The summed E-state index contributed by atoms with van der Waals surface area (Å²) in [5.74, 6) is 0.320. The molecule has 1 aromatic heterocycles. The molecule has 2 aromatic carbocycles. The maximum atomic E-state index is 12.0. The average Bonchev–Trinajstić information content (AvgIpc) is 2.68. The largest absolute Gasteiger partial charge is 0.324 e. The van der Waals surface area contributed by atoms with Gasteiger partial charge in [-0.25, -0.2) is 31.9 Å². The van der Waals surface area contributed by atoms with Gasteiger partial charge in [-0.3, -0.25) is 4.72 Å². The molecule has 11 heteroatoms. The minimum Gasteiger partial charge on any atom is -0.324 e. The van der Waals surface area contributed by atoms with E-state index in [9.17, 15) is 16.8 Å². The van der Waals surface area contributed by atoms with Crippen LogP contribution in [0, 0.1) is 0 Å². The highest BCUT2D eigenvalue weighted by Gasteiger charge is 2.15. The van der Waals surface area contributed by atoms with Gasteiger partial charge in [0, 0.05) is 23.1 Å². The first kappa shape index (κ1) is 21.7. The molecule has 3 rings (SSSR count). The highest BCUT2D eigenvalue weighted by atomic mass is 32.2. The summed E-state index contributed by atoms with van der Waals surface area (Å²) in [6, 6.07) is 14.5. The van der Waals surface area contributed by atoms with Crippen LogP contribution < -0.4 is 15.2 Å². The van der Waals surface area contributed by atoms with Crippen LogP contribution in [0.3, 0.4) is 0 Å². The number of nitrogens with two attached hydrogens (primary N) is 1. The second kappa shape index (κ2) is 8.38. The zero-order valence-electron chi connectivity index (χ0n) is 16.3. The summed E-state index contributed by atoms with van der Waals surface area (Å²) in [5, 5.41) is 7.55. The third-order valence-electron chi connectivity index (χ3n) is 4.16. The Hall–Kier alpha value is -3.02. The summed E-state index contributed by atoms with van der Waals surface area (Å²) in [6.45, 7) is 3.21. The molecule has 3 aromatic rings. The van der Waals surface area contributed by atoms with Crippen molar-refractivity contribution in [1.29, 1.82) is 0 Å². The predicted molar refractivity (Wildman–Crippen MR) is 116 cm³/mol. The van der Waals surface area contributed by atoms with E-state index < -0.39 is 25.3 Å². The molecule has 4 N–H and O–H groups in total. The number of nitrogens with zero attached hydrogens (tertiary/aromatic N) is 2. The Bertz CT molecular complexity index is 1240. The highest BCUT2D eigenvalue weighted by molar-refractivity contribution is 7.93. The quantitative estimate of drug-likeness (QED) is 0.505. The van der Waals surface area contributed by atoms with E-state index in [1.807, 2.05) is 0 Å². The lowest BCUT2D eigenvalue weighted by Crippen LogP contribution is -2.22. The van der Waals surface area contributed by atoms with Crippen molar-refractivity contribution < 1.29 is 16.8 Å². The minimum atomic E-state index is -3.76. The van der Waals surface area contributed by atoms with Gasteiger partial charge in [-0.05, 0) is 56.3 Å². The molecule has 0 saturated heterocycles. The standard InChI is InChI=1S/C19H21N5O4S2/c1-13(2)30(27,28)24-16-5-3-14(4-6-16)18-11-12-21-19(23-18)22-15-7-9-17(10-8-15)29(20,25)26/h3-13,24H,1-2H3,(H2,20,25,26)(H,21,22,23). The Morgan fingerprint density at radius 2 is 1.47 bits per heavy atom. The Morgan fingerprint density at radius 3 is 2.03 bits per heavy atom. The van der Waals surface area contributed by atoms with Crippen LogP contribution in [-0.4, -0.2) is 32.1 Å². The Balaban J connectivity index is 1.77. The number of aromatic nitrogens is 2. The van der Waals surface area contributed by atoms with Crippen LogP contribution >= 0.6 is 0 Å². The monoisotopic (exact) mass is 447 g/mol. The van der Waals surface area contributed by atoms with Gasteiger partial charge in [-0.15, -0.1) is 0 Å². The highest BCUT2D eigenvalue weighted by Crippen LogP contribution is 2.22. The van der Waals surface area contributed by atoms with E-state index in [1.165, 1.54) is 12.1 Å². The maximum Gasteiger partial charge on any atom is 0.238 e. The summed E-state index contributed by atoms with van der Waals surface area (Å²) in [6.07, 6.45) is 1.58.